The van der Waals surface area contributed by atoms with Gasteiger partial charge in [0.15, 0.2) is 11.5 Å². The number of fused-ring (bicyclic) bond motifs is 1. The molecule has 2 aromatic rings. The van der Waals surface area contributed by atoms with Crippen molar-refractivity contribution < 1.29 is 17.6 Å². The highest BCUT2D eigenvalue weighted by Crippen LogP contribution is 2.26. The molecular weight excluding hydrogens is 328 g/mol. The minimum absolute atomic E-state index is 0.0484. The van der Waals surface area contributed by atoms with Crippen molar-refractivity contribution in [2.75, 3.05) is 0 Å². The third-order valence-corrected chi connectivity index (χ3v) is 2.74. The lowest BCUT2D eigenvalue weighted by atomic mass is 10.2. The van der Waals surface area contributed by atoms with Gasteiger partial charge in [-0.05, 0) is 28.9 Å². The van der Waals surface area contributed by atoms with Crippen LogP contribution < -0.4 is 0 Å². The van der Waals surface area contributed by atoms with Crippen molar-refractivity contribution in [3.05, 3.63) is 33.9 Å². The SMILES string of the molecule is CC.Cc1nc2c(F)cc(Br)cn2c1CC(F)(F)F. The average Bonchev–Trinajstić information content (AvgIpc) is 2.58. The molecule has 0 unspecified atom stereocenters. The quantitative estimate of drug-likeness (QED) is 0.689. The minimum Gasteiger partial charge on any atom is -0.300 e. The highest BCUT2D eigenvalue weighted by molar-refractivity contribution is 9.10. The van der Waals surface area contributed by atoms with E-state index in [0.717, 1.165) is 4.40 Å². The maximum absolute atomic E-state index is 13.5. The molecule has 106 valence electrons. The monoisotopic (exact) mass is 340 g/mol. The van der Waals surface area contributed by atoms with Crippen molar-refractivity contribution >= 4 is 21.6 Å². The van der Waals surface area contributed by atoms with Crippen molar-refractivity contribution in [3.63, 3.8) is 0 Å². The summed E-state index contributed by atoms with van der Waals surface area (Å²) in [4.78, 5) is 3.81. The van der Waals surface area contributed by atoms with Gasteiger partial charge in [0.1, 0.15) is 0 Å². The molecule has 0 aliphatic carbocycles. The van der Waals surface area contributed by atoms with E-state index in [0.29, 0.717) is 4.47 Å². The predicted molar refractivity (Wildman–Crippen MR) is 68.7 cm³/mol. The zero-order chi connectivity index (χ0) is 14.8. The molecule has 0 fully saturated rings. The van der Waals surface area contributed by atoms with E-state index < -0.39 is 18.4 Å². The van der Waals surface area contributed by atoms with Gasteiger partial charge in [-0.15, -0.1) is 0 Å². The third-order valence-electron chi connectivity index (χ3n) is 2.31. The lowest BCUT2D eigenvalue weighted by molar-refractivity contribution is -0.128. The molecule has 0 aliphatic rings. The highest BCUT2D eigenvalue weighted by atomic mass is 79.9. The van der Waals surface area contributed by atoms with Crippen LogP contribution in [0.25, 0.3) is 5.65 Å². The average molecular weight is 341 g/mol. The number of rotatable bonds is 1. The number of hydrogen-bond donors (Lipinski definition) is 0. The normalized spacial score (nSPS) is 11.4. The van der Waals surface area contributed by atoms with E-state index in [4.69, 9.17) is 0 Å². The Morgan fingerprint density at radius 1 is 1.32 bits per heavy atom. The van der Waals surface area contributed by atoms with Crippen molar-refractivity contribution in [2.24, 2.45) is 0 Å². The second-order valence-corrected chi connectivity index (χ2v) is 4.55. The van der Waals surface area contributed by atoms with Crippen LogP contribution in [0.5, 0.6) is 0 Å². The van der Waals surface area contributed by atoms with Crippen LogP contribution in [0.2, 0.25) is 0 Å². The first-order valence-corrected chi connectivity index (χ1v) is 6.46. The number of imidazole rings is 1. The van der Waals surface area contributed by atoms with E-state index in [1.807, 2.05) is 13.8 Å². The zero-order valence-corrected chi connectivity index (χ0v) is 12.2. The van der Waals surface area contributed by atoms with Gasteiger partial charge in [0, 0.05) is 10.7 Å². The third kappa shape index (κ3) is 3.68. The highest BCUT2D eigenvalue weighted by Gasteiger charge is 2.31. The summed E-state index contributed by atoms with van der Waals surface area (Å²) in [6.07, 6.45) is -4.10. The van der Waals surface area contributed by atoms with E-state index in [2.05, 4.69) is 20.9 Å². The second-order valence-electron chi connectivity index (χ2n) is 3.64. The Bertz CT molecular complexity index is 575. The van der Waals surface area contributed by atoms with E-state index in [1.54, 1.807) is 0 Å². The fourth-order valence-corrected chi connectivity index (χ4v) is 2.04. The molecular formula is C12H13BrF4N2. The number of alkyl halides is 3. The Kier molecular flexibility index (Phi) is 4.95. The molecule has 2 aromatic heterocycles. The van der Waals surface area contributed by atoms with Crippen LogP contribution in [0.1, 0.15) is 25.2 Å². The van der Waals surface area contributed by atoms with Gasteiger partial charge in [-0.3, -0.25) is 4.40 Å². The van der Waals surface area contributed by atoms with Crippen LogP contribution in [0, 0.1) is 12.7 Å². The number of pyridine rings is 1. The second kappa shape index (κ2) is 5.90. The van der Waals surface area contributed by atoms with Gasteiger partial charge in [0.2, 0.25) is 0 Å². The summed E-state index contributed by atoms with van der Waals surface area (Å²) in [5.41, 5.74) is 0.0389. The smallest absolute Gasteiger partial charge is 0.300 e. The first-order chi connectivity index (χ1) is 8.78. The lowest BCUT2D eigenvalue weighted by Gasteiger charge is -2.07. The molecule has 7 heteroatoms. The molecule has 0 amide bonds. The summed E-state index contributed by atoms with van der Waals surface area (Å²) >= 11 is 3.04. The molecule has 0 aromatic carbocycles. The summed E-state index contributed by atoms with van der Waals surface area (Å²) in [5.74, 6) is -0.657. The molecule has 0 N–H and O–H groups in total. The molecule has 19 heavy (non-hydrogen) atoms. The molecule has 0 bridgehead atoms. The van der Waals surface area contributed by atoms with Crippen LogP contribution in [0.15, 0.2) is 16.7 Å². The molecule has 0 atom stereocenters. The molecule has 0 aliphatic heterocycles. The minimum atomic E-state index is -4.35. The Morgan fingerprint density at radius 2 is 1.89 bits per heavy atom. The summed E-state index contributed by atoms with van der Waals surface area (Å²) in [5, 5.41) is 0. The van der Waals surface area contributed by atoms with Crippen LogP contribution in [0.4, 0.5) is 17.6 Å². The fourth-order valence-electron chi connectivity index (χ4n) is 1.64. The van der Waals surface area contributed by atoms with E-state index in [-0.39, 0.29) is 17.0 Å². The van der Waals surface area contributed by atoms with Crippen molar-refractivity contribution in [1.82, 2.24) is 9.38 Å². The van der Waals surface area contributed by atoms with Crippen molar-refractivity contribution in [2.45, 2.75) is 33.4 Å². The Labute approximate surface area is 116 Å². The molecule has 0 saturated heterocycles. The molecule has 2 nitrogen and oxygen atoms in total. The number of hydrogen-bond acceptors (Lipinski definition) is 1. The molecule has 0 saturated carbocycles. The Balaban J connectivity index is 0.000000861. The van der Waals surface area contributed by atoms with Gasteiger partial charge in [0.25, 0.3) is 0 Å². The zero-order valence-electron chi connectivity index (χ0n) is 10.6. The van der Waals surface area contributed by atoms with Crippen molar-refractivity contribution in [1.29, 1.82) is 0 Å². The number of halogens is 5. The number of nitrogens with zero attached hydrogens (tertiary/aromatic N) is 2. The largest absolute Gasteiger partial charge is 0.394 e. The van der Waals surface area contributed by atoms with E-state index in [1.165, 1.54) is 19.2 Å². The van der Waals surface area contributed by atoms with Crippen LogP contribution in [0.3, 0.4) is 0 Å². The van der Waals surface area contributed by atoms with Gasteiger partial charge in [-0.25, -0.2) is 9.37 Å². The van der Waals surface area contributed by atoms with Gasteiger partial charge < -0.3 is 0 Å². The first-order valence-electron chi connectivity index (χ1n) is 5.67. The Hall–Kier alpha value is -1.11. The maximum atomic E-state index is 13.5. The van der Waals surface area contributed by atoms with Crippen molar-refractivity contribution in [3.8, 4) is 0 Å². The first kappa shape index (κ1) is 15.9. The summed E-state index contributed by atoms with van der Waals surface area (Å²) in [7, 11) is 0. The predicted octanol–water partition coefficient (Wildman–Crippen LogP) is 4.68. The van der Waals surface area contributed by atoms with Crippen LogP contribution >= 0.6 is 15.9 Å². The van der Waals surface area contributed by atoms with E-state index >= 15 is 0 Å². The van der Waals surface area contributed by atoms with Crippen LogP contribution in [-0.4, -0.2) is 15.6 Å². The maximum Gasteiger partial charge on any atom is 0.394 e. The Morgan fingerprint density at radius 3 is 2.42 bits per heavy atom. The fraction of sp³-hybridized carbons (Fsp3) is 0.417. The summed E-state index contributed by atoms with van der Waals surface area (Å²) < 4.78 is 52.1. The topological polar surface area (TPSA) is 17.3 Å². The summed E-state index contributed by atoms with van der Waals surface area (Å²) in [6.45, 7) is 5.43. The van der Waals surface area contributed by atoms with Gasteiger partial charge in [-0.1, -0.05) is 13.8 Å². The number of aromatic nitrogens is 2. The van der Waals surface area contributed by atoms with E-state index in [9.17, 15) is 17.6 Å². The number of aryl methyl sites for hydroxylation is 1. The molecule has 0 spiro atoms. The molecule has 2 heterocycles. The van der Waals surface area contributed by atoms with Crippen LogP contribution in [-0.2, 0) is 6.42 Å². The van der Waals surface area contributed by atoms with Gasteiger partial charge >= 0.3 is 6.18 Å². The lowest BCUT2D eigenvalue weighted by Crippen LogP contribution is -2.14. The molecule has 0 radical (unpaired) electrons. The summed E-state index contributed by atoms with van der Waals surface area (Å²) in [6, 6.07) is 1.17. The van der Waals surface area contributed by atoms with Gasteiger partial charge in [-0.2, -0.15) is 13.2 Å². The van der Waals surface area contributed by atoms with Gasteiger partial charge in [0.05, 0.1) is 17.8 Å². The standard InChI is InChI=1S/C10H7BrF4N2.C2H6/c1-5-8(3-10(13,14)15)17-4-6(11)2-7(12)9(17)16-5;1-2/h2,4H,3H2,1H3;1-2H3. The molecule has 2 rings (SSSR count).